The molecule has 0 aliphatic carbocycles. The molecule has 0 fully saturated rings. The number of rotatable bonds is 6. The maximum Gasteiger partial charge on any atom is 0.290 e. The van der Waals surface area contributed by atoms with Crippen molar-refractivity contribution in [1.82, 2.24) is 4.90 Å². The van der Waals surface area contributed by atoms with E-state index in [0.717, 1.165) is 5.56 Å². The zero-order valence-corrected chi connectivity index (χ0v) is 17.1. The van der Waals surface area contributed by atoms with Crippen LogP contribution in [-0.2, 0) is 4.74 Å². The van der Waals surface area contributed by atoms with E-state index in [-0.39, 0.29) is 28.6 Å². The van der Waals surface area contributed by atoms with Gasteiger partial charge >= 0.3 is 0 Å². The Morgan fingerprint density at radius 2 is 1.93 bits per heavy atom. The molecule has 2 aromatic carbocycles. The predicted octanol–water partition coefficient (Wildman–Crippen LogP) is 3.40. The van der Waals surface area contributed by atoms with E-state index >= 15 is 0 Å². The van der Waals surface area contributed by atoms with Crippen LogP contribution in [0.4, 0.5) is 0 Å². The Labute approximate surface area is 173 Å². The third-order valence-corrected chi connectivity index (χ3v) is 5.39. The van der Waals surface area contributed by atoms with Gasteiger partial charge in [-0.1, -0.05) is 17.7 Å². The average Bonchev–Trinajstić information content (AvgIpc) is 3.01. The molecule has 0 bridgehead atoms. The van der Waals surface area contributed by atoms with Crippen LogP contribution in [0.1, 0.15) is 39.7 Å². The lowest BCUT2D eigenvalue weighted by atomic mass is 9.97. The van der Waals surface area contributed by atoms with Gasteiger partial charge in [0.2, 0.25) is 5.76 Å². The van der Waals surface area contributed by atoms with Crippen molar-refractivity contribution in [3.63, 3.8) is 0 Å². The molecular formula is C23H23NO6. The summed E-state index contributed by atoms with van der Waals surface area (Å²) in [6.45, 7) is 2.77. The first-order valence-electron chi connectivity index (χ1n) is 9.70. The van der Waals surface area contributed by atoms with E-state index in [2.05, 4.69) is 0 Å². The van der Waals surface area contributed by atoms with Crippen molar-refractivity contribution >= 4 is 16.9 Å². The van der Waals surface area contributed by atoms with Gasteiger partial charge in [0.05, 0.1) is 24.1 Å². The van der Waals surface area contributed by atoms with Crippen molar-refractivity contribution in [1.29, 1.82) is 0 Å². The van der Waals surface area contributed by atoms with Crippen LogP contribution in [0.15, 0.2) is 45.6 Å². The number of amides is 1. The molecule has 1 aromatic heterocycles. The first-order valence-corrected chi connectivity index (χ1v) is 9.70. The van der Waals surface area contributed by atoms with Crippen LogP contribution in [0.5, 0.6) is 11.5 Å². The van der Waals surface area contributed by atoms with E-state index in [1.807, 2.05) is 13.0 Å². The summed E-state index contributed by atoms with van der Waals surface area (Å²) >= 11 is 0. The van der Waals surface area contributed by atoms with Crippen LogP contribution < -0.4 is 10.2 Å². The van der Waals surface area contributed by atoms with Gasteiger partial charge in [-0.2, -0.15) is 0 Å². The van der Waals surface area contributed by atoms with Gasteiger partial charge in [-0.3, -0.25) is 9.59 Å². The molecule has 2 heterocycles. The van der Waals surface area contributed by atoms with E-state index in [9.17, 15) is 14.7 Å². The first-order chi connectivity index (χ1) is 14.5. The van der Waals surface area contributed by atoms with Crippen LogP contribution in [0, 0.1) is 6.92 Å². The monoisotopic (exact) mass is 409 g/mol. The number of carbonyl (C=O) groups is 1. The molecule has 1 atom stereocenters. The van der Waals surface area contributed by atoms with Gasteiger partial charge in [0, 0.05) is 20.3 Å². The van der Waals surface area contributed by atoms with E-state index < -0.39 is 6.04 Å². The molecule has 1 N–H and O–H groups in total. The molecule has 0 radical (unpaired) electrons. The van der Waals surface area contributed by atoms with Gasteiger partial charge in [-0.25, -0.2) is 0 Å². The summed E-state index contributed by atoms with van der Waals surface area (Å²) in [4.78, 5) is 28.3. The Morgan fingerprint density at radius 3 is 2.67 bits per heavy atom. The number of ether oxygens (including phenoxy) is 2. The normalized spacial score (nSPS) is 15.6. The number of fused-ring (bicyclic) bond motifs is 2. The summed E-state index contributed by atoms with van der Waals surface area (Å²) in [5.41, 5.74) is 2.06. The molecule has 0 saturated heterocycles. The predicted molar refractivity (Wildman–Crippen MR) is 111 cm³/mol. The Balaban J connectivity index is 1.93. The largest absolute Gasteiger partial charge is 0.504 e. The smallest absolute Gasteiger partial charge is 0.290 e. The van der Waals surface area contributed by atoms with Crippen molar-refractivity contribution in [3.8, 4) is 11.5 Å². The third kappa shape index (κ3) is 3.21. The lowest BCUT2D eigenvalue weighted by Gasteiger charge is -2.25. The minimum absolute atomic E-state index is 0.0158. The fourth-order valence-electron chi connectivity index (χ4n) is 3.95. The number of aromatic hydroxyl groups is 1. The highest BCUT2D eigenvalue weighted by atomic mass is 16.5. The highest BCUT2D eigenvalue weighted by Gasteiger charge is 2.42. The zero-order chi connectivity index (χ0) is 21.4. The fourth-order valence-corrected chi connectivity index (χ4v) is 3.95. The molecule has 156 valence electrons. The second-order valence-electron chi connectivity index (χ2n) is 7.35. The molecule has 7 heteroatoms. The lowest BCUT2D eigenvalue weighted by molar-refractivity contribution is 0.0707. The minimum atomic E-state index is -0.639. The van der Waals surface area contributed by atoms with Crippen molar-refractivity contribution in [2.45, 2.75) is 19.4 Å². The summed E-state index contributed by atoms with van der Waals surface area (Å²) in [6.07, 6.45) is 0.606. The van der Waals surface area contributed by atoms with E-state index in [0.29, 0.717) is 41.7 Å². The van der Waals surface area contributed by atoms with E-state index in [1.165, 1.54) is 13.2 Å². The van der Waals surface area contributed by atoms with Crippen LogP contribution in [0.3, 0.4) is 0 Å². The summed E-state index contributed by atoms with van der Waals surface area (Å²) in [6, 6.07) is 9.52. The molecular weight excluding hydrogens is 386 g/mol. The summed E-state index contributed by atoms with van der Waals surface area (Å²) in [5.74, 6) is -0.0207. The summed E-state index contributed by atoms with van der Waals surface area (Å²) in [5, 5.41) is 10.4. The topological polar surface area (TPSA) is 89.2 Å². The maximum absolute atomic E-state index is 13.5. The number of hydrogen-bond acceptors (Lipinski definition) is 6. The van der Waals surface area contributed by atoms with Crippen molar-refractivity contribution in [2.24, 2.45) is 0 Å². The van der Waals surface area contributed by atoms with Crippen LogP contribution >= 0.6 is 0 Å². The quantitative estimate of drug-likeness (QED) is 0.628. The van der Waals surface area contributed by atoms with Crippen molar-refractivity contribution in [2.75, 3.05) is 27.4 Å². The minimum Gasteiger partial charge on any atom is -0.504 e. The van der Waals surface area contributed by atoms with Crippen LogP contribution in [0.2, 0.25) is 0 Å². The standard InChI is InChI=1S/C23H23NO6/c1-13-5-8-17-15(11-13)21(26)19-20(14-6-7-16(25)18(12-14)29-3)24(9-4-10-28-2)23(27)22(19)30-17/h5-8,11-12,20,25H,4,9-10H2,1-3H3/t20-/m1/s1. The van der Waals surface area contributed by atoms with Gasteiger partial charge in [0.15, 0.2) is 16.9 Å². The Morgan fingerprint density at radius 1 is 1.13 bits per heavy atom. The molecule has 7 nitrogen and oxygen atoms in total. The molecule has 3 aromatic rings. The van der Waals surface area contributed by atoms with Crippen molar-refractivity contribution < 1.29 is 23.8 Å². The zero-order valence-electron chi connectivity index (χ0n) is 17.1. The molecule has 1 amide bonds. The summed E-state index contributed by atoms with van der Waals surface area (Å²) in [7, 11) is 3.05. The highest BCUT2D eigenvalue weighted by Crippen LogP contribution is 2.40. The number of phenols is 1. The molecule has 1 aliphatic heterocycles. The molecule has 0 saturated carbocycles. The maximum atomic E-state index is 13.5. The van der Waals surface area contributed by atoms with Crippen molar-refractivity contribution in [3.05, 3.63) is 69.1 Å². The SMILES string of the molecule is COCCCN1C(=O)c2oc3ccc(C)cc3c(=O)c2[C@H]1c1ccc(O)c(OC)c1. The third-order valence-electron chi connectivity index (χ3n) is 5.39. The fraction of sp³-hybridized carbons (Fsp3) is 0.304. The number of aryl methyl sites for hydroxylation is 1. The lowest BCUT2D eigenvalue weighted by Crippen LogP contribution is -2.31. The molecule has 0 spiro atoms. The molecule has 4 rings (SSSR count). The highest BCUT2D eigenvalue weighted by molar-refractivity contribution is 5.99. The Hall–Kier alpha value is -3.32. The Bertz CT molecular complexity index is 1180. The number of hydrogen-bond donors (Lipinski definition) is 1. The van der Waals surface area contributed by atoms with Gasteiger partial charge in [-0.15, -0.1) is 0 Å². The number of phenolic OH excluding ortho intramolecular Hbond substituents is 1. The average molecular weight is 409 g/mol. The van der Waals surface area contributed by atoms with Gasteiger partial charge in [0.25, 0.3) is 5.91 Å². The van der Waals surface area contributed by atoms with E-state index in [4.69, 9.17) is 13.9 Å². The van der Waals surface area contributed by atoms with Gasteiger partial charge in [-0.05, 0) is 43.2 Å². The molecule has 1 aliphatic rings. The number of carbonyl (C=O) groups excluding carboxylic acids is 1. The van der Waals surface area contributed by atoms with Crippen LogP contribution in [0.25, 0.3) is 11.0 Å². The van der Waals surface area contributed by atoms with Gasteiger partial charge < -0.3 is 23.9 Å². The van der Waals surface area contributed by atoms with Crippen LogP contribution in [-0.4, -0.2) is 43.3 Å². The Kier molecular flexibility index (Phi) is 5.22. The molecule has 30 heavy (non-hydrogen) atoms. The second-order valence-corrected chi connectivity index (χ2v) is 7.35. The first kappa shape index (κ1) is 20.0. The number of benzene rings is 2. The number of methoxy groups -OCH3 is 2. The number of nitrogens with zero attached hydrogens (tertiary/aromatic N) is 1. The van der Waals surface area contributed by atoms with Gasteiger partial charge in [0.1, 0.15) is 5.58 Å². The van der Waals surface area contributed by atoms with E-state index in [1.54, 1.807) is 36.3 Å². The second kappa shape index (κ2) is 7.84. The molecule has 0 unspecified atom stereocenters. The summed E-state index contributed by atoms with van der Waals surface area (Å²) < 4.78 is 16.3.